The second-order valence-corrected chi connectivity index (χ2v) is 4.12. The second kappa shape index (κ2) is 5.09. The Morgan fingerprint density at radius 1 is 1.50 bits per heavy atom. The molecule has 1 saturated heterocycles. The minimum absolute atomic E-state index is 0.0141. The van der Waals surface area contributed by atoms with Crippen LogP contribution < -0.4 is 10.6 Å². The number of amides is 1. The van der Waals surface area contributed by atoms with Crippen molar-refractivity contribution in [3.8, 4) is 0 Å². The molecule has 1 aromatic rings. The lowest BCUT2D eigenvalue weighted by Gasteiger charge is -2.11. The summed E-state index contributed by atoms with van der Waals surface area (Å²) < 4.78 is 13.2. The van der Waals surface area contributed by atoms with E-state index >= 15 is 0 Å². The molecule has 0 radical (unpaired) electrons. The third-order valence-corrected chi connectivity index (χ3v) is 2.75. The van der Waals surface area contributed by atoms with Gasteiger partial charge in [-0.15, -0.1) is 0 Å². The number of nitrogens with zero attached hydrogens (tertiary/aromatic N) is 1. The zero-order valence-electron chi connectivity index (χ0n) is 9.48. The Morgan fingerprint density at radius 3 is 2.89 bits per heavy atom. The average Bonchev–Trinajstić information content (AvgIpc) is 2.80. The van der Waals surface area contributed by atoms with Crippen LogP contribution in [0.3, 0.4) is 0 Å². The van der Waals surface area contributed by atoms with Crippen molar-refractivity contribution in [2.24, 2.45) is 0 Å². The average molecular weight is 253 g/mol. The van der Waals surface area contributed by atoms with Gasteiger partial charge in [-0.05, 0) is 19.0 Å². The summed E-state index contributed by atoms with van der Waals surface area (Å²) in [5.41, 5.74) is -0.460. The van der Waals surface area contributed by atoms with E-state index in [4.69, 9.17) is 0 Å². The molecule has 1 fully saturated rings. The number of hydrogen-bond acceptors (Lipinski definition) is 4. The van der Waals surface area contributed by atoms with Crippen LogP contribution in [-0.2, 0) is 0 Å². The highest BCUT2D eigenvalue weighted by molar-refractivity contribution is 5.95. The summed E-state index contributed by atoms with van der Waals surface area (Å²) in [6.07, 6.45) is 0.795. The van der Waals surface area contributed by atoms with Crippen LogP contribution in [0.15, 0.2) is 18.2 Å². The van der Waals surface area contributed by atoms with E-state index in [0.29, 0.717) is 6.54 Å². The van der Waals surface area contributed by atoms with Crippen molar-refractivity contribution in [2.75, 3.05) is 13.1 Å². The number of hydrogen-bond donors (Lipinski definition) is 2. The summed E-state index contributed by atoms with van der Waals surface area (Å²) in [5, 5.41) is 16.3. The Hall–Kier alpha value is -2.02. The number of nitro benzene ring substituents is 1. The van der Waals surface area contributed by atoms with E-state index < -0.39 is 22.3 Å². The van der Waals surface area contributed by atoms with Gasteiger partial charge in [-0.25, -0.2) is 4.39 Å². The third-order valence-electron chi connectivity index (χ3n) is 2.75. The van der Waals surface area contributed by atoms with E-state index in [9.17, 15) is 19.3 Å². The molecule has 0 aromatic heterocycles. The van der Waals surface area contributed by atoms with E-state index in [1.54, 1.807) is 0 Å². The first kappa shape index (κ1) is 12.4. The van der Waals surface area contributed by atoms with E-state index in [0.717, 1.165) is 31.2 Å². The zero-order chi connectivity index (χ0) is 13.1. The topological polar surface area (TPSA) is 84.3 Å². The molecule has 1 heterocycles. The van der Waals surface area contributed by atoms with Crippen LogP contribution >= 0.6 is 0 Å². The smallest absolute Gasteiger partial charge is 0.273 e. The van der Waals surface area contributed by atoms with E-state index in [1.165, 1.54) is 0 Å². The molecule has 0 aliphatic carbocycles. The fourth-order valence-electron chi connectivity index (χ4n) is 1.86. The molecule has 0 spiro atoms. The summed E-state index contributed by atoms with van der Waals surface area (Å²) in [7, 11) is 0. The van der Waals surface area contributed by atoms with Gasteiger partial charge >= 0.3 is 0 Å². The van der Waals surface area contributed by atoms with Gasteiger partial charge in [-0.2, -0.15) is 0 Å². The van der Waals surface area contributed by atoms with Crippen molar-refractivity contribution in [3.05, 3.63) is 39.7 Å². The molecule has 0 unspecified atom stereocenters. The lowest BCUT2D eigenvalue weighted by molar-refractivity contribution is -0.385. The van der Waals surface area contributed by atoms with Gasteiger partial charge in [0.2, 0.25) is 0 Å². The van der Waals surface area contributed by atoms with Crippen LogP contribution in [0, 0.1) is 15.9 Å². The van der Waals surface area contributed by atoms with Crippen LogP contribution in [-0.4, -0.2) is 30.0 Å². The number of halogens is 1. The minimum atomic E-state index is -0.793. The van der Waals surface area contributed by atoms with Crippen LogP contribution in [0.1, 0.15) is 16.8 Å². The molecule has 96 valence electrons. The van der Waals surface area contributed by atoms with E-state index in [-0.39, 0.29) is 11.6 Å². The molecule has 1 aliphatic heterocycles. The van der Waals surface area contributed by atoms with Crippen molar-refractivity contribution >= 4 is 11.6 Å². The van der Waals surface area contributed by atoms with Gasteiger partial charge in [0.25, 0.3) is 11.6 Å². The molecule has 0 saturated carbocycles. The Bertz CT molecular complexity index is 486. The first-order valence-electron chi connectivity index (χ1n) is 5.53. The van der Waals surface area contributed by atoms with E-state index in [1.807, 2.05) is 0 Å². The molecule has 7 heteroatoms. The summed E-state index contributed by atoms with van der Waals surface area (Å²) in [5.74, 6) is -1.29. The van der Waals surface area contributed by atoms with Crippen molar-refractivity contribution in [1.82, 2.24) is 10.6 Å². The number of non-ortho nitro benzene ring substituents is 1. The number of nitrogens with one attached hydrogen (secondary N) is 2. The van der Waals surface area contributed by atoms with Crippen molar-refractivity contribution in [2.45, 2.75) is 12.5 Å². The lowest BCUT2D eigenvalue weighted by Crippen LogP contribution is -2.36. The zero-order valence-corrected chi connectivity index (χ0v) is 9.48. The van der Waals surface area contributed by atoms with Crippen LogP contribution in [0.5, 0.6) is 0 Å². The number of benzene rings is 1. The molecule has 2 N–H and O–H groups in total. The maximum Gasteiger partial charge on any atom is 0.273 e. The second-order valence-electron chi connectivity index (χ2n) is 4.12. The minimum Gasteiger partial charge on any atom is -0.348 e. The summed E-state index contributed by atoms with van der Waals surface area (Å²) in [6.45, 7) is 1.47. The molecule has 1 aliphatic rings. The molecule has 1 amide bonds. The predicted octanol–water partition coefficient (Wildman–Crippen LogP) is 0.826. The van der Waals surface area contributed by atoms with Crippen molar-refractivity contribution in [3.63, 3.8) is 0 Å². The Kier molecular flexibility index (Phi) is 3.52. The van der Waals surface area contributed by atoms with Gasteiger partial charge in [0.15, 0.2) is 0 Å². The van der Waals surface area contributed by atoms with Gasteiger partial charge in [0.1, 0.15) is 5.82 Å². The highest BCUT2D eigenvalue weighted by Crippen LogP contribution is 2.16. The van der Waals surface area contributed by atoms with Crippen LogP contribution in [0.25, 0.3) is 0 Å². The summed E-state index contributed by atoms with van der Waals surface area (Å²) in [6, 6.07) is 2.83. The highest BCUT2D eigenvalue weighted by atomic mass is 19.1. The quantitative estimate of drug-likeness (QED) is 0.617. The van der Waals surface area contributed by atoms with Crippen molar-refractivity contribution < 1.29 is 14.1 Å². The normalized spacial score (nSPS) is 18.6. The molecule has 18 heavy (non-hydrogen) atoms. The molecule has 6 nitrogen and oxygen atoms in total. The fraction of sp³-hybridized carbons (Fsp3) is 0.364. The maximum absolute atomic E-state index is 13.2. The maximum atomic E-state index is 13.2. The van der Waals surface area contributed by atoms with Crippen molar-refractivity contribution in [1.29, 1.82) is 0 Å². The monoisotopic (exact) mass is 253 g/mol. The first-order valence-corrected chi connectivity index (χ1v) is 5.53. The molecular formula is C11H12FN3O3. The summed E-state index contributed by atoms with van der Waals surface area (Å²) >= 11 is 0. The largest absolute Gasteiger partial charge is 0.348 e. The van der Waals surface area contributed by atoms with E-state index in [2.05, 4.69) is 10.6 Å². The Labute approximate surface area is 102 Å². The molecule has 2 rings (SSSR count). The van der Waals surface area contributed by atoms with Gasteiger partial charge in [0, 0.05) is 24.2 Å². The fourth-order valence-corrected chi connectivity index (χ4v) is 1.86. The van der Waals surface area contributed by atoms with Gasteiger partial charge in [-0.1, -0.05) is 0 Å². The first-order chi connectivity index (χ1) is 8.56. The summed E-state index contributed by atoms with van der Waals surface area (Å²) in [4.78, 5) is 21.6. The van der Waals surface area contributed by atoms with Gasteiger partial charge in [0.05, 0.1) is 11.0 Å². The SMILES string of the molecule is O=C(N[C@@H]1CCNC1)c1cc(F)cc([N+](=O)[O-])c1. The molecule has 1 atom stereocenters. The molecular weight excluding hydrogens is 241 g/mol. The molecule has 0 bridgehead atoms. The standard InChI is InChI=1S/C11H12FN3O3/c12-8-3-7(4-10(5-8)15(17)18)11(16)14-9-1-2-13-6-9/h3-5,9,13H,1-2,6H2,(H,14,16)/t9-/m1/s1. The lowest BCUT2D eigenvalue weighted by atomic mass is 10.1. The predicted molar refractivity (Wildman–Crippen MR) is 61.8 cm³/mol. The van der Waals surface area contributed by atoms with Gasteiger partial charge < -0.3 is 10.6 Å². The molecule has 1 aromatic carbocycles. The Balaban J connectivity index is 2.16. The number of carbonyl (C=O) groups is 1. The number of carbonyl (C=O) groups excluding carboxylic acids is 1. The number of rotatable bonds is 3. The van der Waals surface area contributed by atoms with Crippen LogP contribution in [0.4, 0.5) is 10.1 Å². The Morgan fingerprint density at radius 2 is 2.28 bits per heavy atom. The third kappa shape index (κ3) is 2.80. The van der Waals surface area contributed by atoms with Gasteiger partial charge in [-0.3, -0.25) is 14.9 Å². The van der Waals surface area contributed by atoms with Crippen LogP contribution in [0.2, 0.25) is 0 Å². The number of nitro groups is 1. The highest BCUT2D eigenvalue weighted by Gasteiger charge is 2.19.